The minimum Gasteiger partial charge on any atom is -0.273 e. The number of nitrogens with two attached hydrogens (primary N) is 1. The fourth-order valence-electron chi connectivity index (χ4n) is 2.44. The molecule has 4 nitrogen and oxygen atoms in total. The molecule has 1 atom stereocenters. The van der Waals surface area contributed by atoms with Crippen LogP contribution >= 0.6 is 11.8 Å². The molecule has 102 valence electrons. The van der Waals surface area contributed by atoms with Crippen LogP contribution in [0.5, 0.6) is 0 Å². The quantitative estimate of drug-likeness (QED) is 0.615. The highest BCUT2D eigenvalue weighted by Crippen LogP contribution is 2.30. The van der Waals surface area contributed by atoms with Crippen molar-refractivity contribution in [3.8, 4) is 0 Å². The van der Waals surface area contributed by atoms with Crippen LogP contribution in [0.2, 0.25) is 0 Å². The van der Waals surface area contributed by atoms with Crippen molar-refractivity contribution in [1.29, 1.82) is 0 Å². The lowest BCUT2D eigenvalue weighted by Crippen LogP contribution is -2.30. The summed E-state index contributed by atoms with van der Waals surface area (Å²) in [6.45, 7) is 3.01. The van der Waals surface area contributed by atoms with Crippen LogP contribution in [-0.4, -0.2) is 20.8 Å². The van der Waals surface area contributed by atoms with E-state index in [4.69, 9.17) is 5.84 Å². The molecule has 3 N–H and O–H groups in total. The Balaban J connectivity index is 1.84. The first-order valence-electron chi connectivity index (χ1n) is 6.93. The van der Waals surface area contributed by atoms with E-state index >= 15 is 0 Å². The van der Waals surface area contributed by atoms with Gasteiger partial charge >= 0.3 is 0 Å². The summed E-state index contributed by atoms with van der Waals surface area (Å²) in [6.07, 6.45) is 11.0. The van der Waals surface area contributed by atoms with Crippen molar-refractivity contribution in [2.45, 2.75) is 56.9 Å². The van der Waals surface area contributed by atoms with Crippen LogP contribution in [0.15, 0.2) is 12.4 Å². The van der Waals surface area contributed by atoms with Crippen LogP contribution in [-0.2, 0) is 6.54 Å². The third-order valence-electron chi connectivity index (χ3n) is 3.63. The molecule has 1 aliphatic rings. The second-order valence-electron chi connectivity index (χ2n) is 4.94. The maximum Gasteiger partial charge on any atom is 0.0581 e. The van der Waals surface area contributed by atoms with Gasteiger partial charge in [0.2, 0.25) is 0 Å². The van der Waals surface area contributed by atoms with Gasteiger partial charge in [0.15, 0.2) is 0 Å². The topological polar surface area (TPSA) is 55.9 Å². The van der Waals surface area contributed by atoms with E-state index in [0.29, 0.717) is 0 Å². The molecule has 0 saturated heterocycles. The van der Waals surface area contributed by atoms with Crippen LogP contribution < -0.4 is 11.3 Å². The van der Waals surface area contributed by atoms with Gasteiger partial charge in [0.1, 0.15) is 0 Å². The van der Waals surface area contributed by atoms with Gasteiger partial charge in [0.05, 0.1) is 12.2 Å². The first-order chi connectivity index (χ1) is 8.83. The van der Waals surface area contributed by atoms with Gasteiger partial charge in [-0.2, -0.15) is 16.9 Å². The summed E-state index contributed by atoms with van der Waals surface area (Å²) < 4.78 is 1.95. The largest absolute Gasteiger partial charge is 0.273 e. The van der Waals surface area contributed by atoms with Gasteiger partial charge in [-0.25, -0.2) is 0 Å². The smallest absolute Gasteiger partial charge is 0.0581 e. The van der Waals surface area contributed by atoms with E-state index in [1.165, 1.54) is 37.7 Å². The molecule has 1 aromatic heterocycles. The molecule has 1 unspecified atom stereocenters. The molecule has 0 bridgehead atoms. The molecule has 1 heterocycles. The summed E-state index contributed by atoms with van der Waals surface area (Å²) in [5, 5.41) is 5.14. The van der Waals surface area contributed by atoms with Gasteiger partial charge < -0.3 is 0 Å². The van der Waals surface area contributed by atoms with Crippen LogP contribution in [0.3, 0.4) is 0 Å². The average Bonchev–Trinajstić information content (AvgIpc) is 2.89. The van der Waals surface area contributed by atoms with Gasteiger partial charge in [-0.3, -0.25) is 16.0 Å². The Morgan fingerprint density at radius 2 is 2.28 bits per heavy atom. The van der Waals surface area contributed by atoms with Gasteiger partial charge in [-0.1, -0.05) is 19.3 Å². The second kappa shape index (κ2) is 7.16. The maximum absolute atomic E-state index is 5.67. The van der Waals surface area contributed by atoms with E-state index in [0.717, 1.165) is 17.5 Å². The minimum absolute atomic E-state index is 0.220. The first-order valence-corrected chi connectivity index (χ1v) is 7.98. The Bertz CT molecular complexity index is 347. The Labute approximate surface area is 114 Å². The van der Waals surface area contributed by atoms with Gasteiger partial charge in [0, 0.05) is 29.3 Å². The molecular formula is C13H24N4S. The van der Waals surface area contributed by atoms with Crippen LogP contribution in [0.25, 0.3) is 0 Å². The predicted molar refractivity (Wildman–Crippen MR) is 77.3 cm³/mol. The lowest BCUT2D eigenvalue weighted by atomic mass is 10.0. The van der Waals surface area contributed by atoms with Crippen molar-refractivity contribution >= 4 is 11.8 Å². The third-order valence-corrected chi connectivity index (χ3v) is 5.10. The van der Waals surface area contributed by atoms with Crippen molar-refractivity contribution < 1.29 is 0 Å². The first kappa shape index (κ1) is 13.9. The maximum atomic E-state index is 5.67. The molecule has 0 spiro atoms. The Morgan fingerprint density at radius 3 is 2.89 bits per heavy atom. The van der Waals surface area contributed by atoms with Gasteiger partial charge in [0.25, 0.3) is 0 Å². The van der Waals surface area contributed by atoms with Gasteiger partial charge in [-0.15, -0.1) is 0 Å². The SMILES string of the molecule is CCn1cc(C(CSC2CCCCC2)NN)cn1. The van der Waals surface area contributed by atoms with E-state index in [2.05, 4.69) is 35.4 Å². The molecule has 0 amide bonds. The van der Waals surface area contributed by atoms with Crippen molar-refractivity contribution in [3.63, 3.8) is 0 Å². The fourth-order valence-corrected chi connectivity index (χ4v) is 3.86. The second-order valence-corrected chi connectivity index (χ2v) is 6.28. The number of aromatic nitrogens is 2. The third kappa shape index (κ3) is 3.73. The molecule has 2 rings (SSSR count). The number of thioether (sulfide) groups is 1. The zero-order chi connectivity index (χ0) is 12.8. The Hall–Kier alpha value is -0.520. The van der Waals surface area contributed by atoms with E-state index in [1.807, 2.05) is 10.9 Å². The monoisotopic (exact) mass is 268 g/mol. The molecule has 1 aliphatic carbocycles. The number of nitrogens with one attached hydrogen (secondary N) is 1. The molecule has 0 aromatic carbocycles. The van der Waals surface area contributed by atoms with Crippen molar-refractivity contribution in [2.24, 2.45) is 5.84 Å². The molecular weight excluding hydrogens is 244 g/mol. The van der Waals surface area contributed by atoms with Crippen molar-refractivity contribution in [1.82, 2.24) is 15.2 Å². The van der Waals surface area contributed by atoms with Crippen molar-refractivity contribution in [2.75, 3.05) is 5.75 Å². The van der Waals surface area contributed by atoms with Gasteiger partial charge in [-0.05, 0) is 19.8 Å². The lowest BCUT2D eigenvalue weighted by Gasteiger charge is -2.23. The molecule has 1 saturated carbocycles. The number of aryl methyl sites for hydroxylation is 1. The molecule has 0 radical (unpaired) electrons. The fraction of sp³-hybridized carbons (Fsp3) is 0.769. The highest BCUT2D eigenvalue weighted by Gasteiger charge is 2.18. The van der Waals surface area contributed by atoms with Crippen molar-refractivity contribution in [3.05, 3.63) is 18.0 Å². The molecule has 1 fully saturated rings. The molecule has 18 heavy (non-hydrogen) atoms. The standard InChI is InChI=1S/C13H24N4S/c1-2-17-9-11(8-15-17)13(16-14)10-18-12-6-4-3-5-7-12/h8-9,12-13,16H,2-7,10,14H2,1H3. The zero-order valence-electron chi connectivity index (χ0n) is 11.1. The summed E-state index contributed by atoms with van der Waals surface area (Å²) in [6, 6.07) is 0.220. The molecule has 0 aliphatic heterocycles. The summed E-state index contributed by atoms with van der Waals surface area (Å²) in [5.41, 5.74) is 4.12. The van der Waals surface area contributed by atoms with Crippen LogP contribution in [0.4, 0.5) is 0 Å². The number of nitrogens with zero attached hydrogens (tertiary/aromatic N) is 2. The average molecular weight is 268 g/mol. The van der Waals surface area contributed by atoms with E-state index in [9.17, 15) is 0 Å². The summed E-state index contributed by atoms with van der Waals surface area (Å²) in [5.74, 6) is 6.71. The number of hydrazine groups is 1. The van der Waals surface area contributed by atoms with E-state index < -0.39 is 0 Å². The summed E-state index contributed by atoms with van der Waals surface area (Å²) in [4.78, 5) is 0. The highest BCUT2D eigenvalue weighted by molar-refractivity contribution is 7.99. The zero-order valence-corrected chi connectivity index (χ0v) is 12.0. The van der Waals surface area contributed by atoms with E-state index in [1.54, 1.807) is 0 Å². The molecule has 5 heteroatoms. The summed E-state index contributed by atoms with van der Waals surface area (Å²) in [7, 11) is 0. The number of hydrogen-bond acceptors (Lipinski definition) is 4. The highest BCUT2D eigenvalue weighted by atomic mass is 32.2. The normalized spacial score (nSPS) is 19.0. The van der Waals surface area contributed by atoms with Crippen LogP contribution in [0.1, 0.15) is 50.6 Å². The number of hydrogen-bond donors (Lipinski definition) is 2. The minimum atomic E-state index is 0.220. The summed E-state index contributed by atoms with van der Waals surface area (Å²) >= 11 is 2.06. The number of rotatable bonds is 6. The molecule has 1 aromatic rings. The Kier molecular flexibility index (Phi) is 5.53. The Morgan fingerprint density at radius 1 is 1.50 bits per heavy atom. The van der Waals surface area contributed by atoms with E-state index in [-0.39, 0.29) is 6.04 Å². The van der Waals surface area contributed by atoms with Crippen LogP contribution in [0, 0.1) is 0 Å². The predicted octanol–water partition coefficient (Wildman–Crippen LogP) is 2.47. The lowest BCUT2D eigenvalue weighted by molar-refractivity contribution is 0.514.